The maximum absolute atomic E-state index is 5.83. The zero-order valence-electron chi connectivity index (χ0n) is 11.9. The molecule has 1 atom stereocenters. The van der Waals surface area contributed by atoms with Crippen LogP contribution in [0.1, 0.15) is 32.8 Å². The lowest BCUT2D eigenvalue weighted by Gasteiger charge is -2.36. The molecule has 1 aromatic carbocycles. The quantitative estimate of drug-likeness (QED) is 0.874. The molecule has 0 aromatic heterocycles. The van der Waals surface area contributed by atoms with Crippen molar-refractivity contribution in [2.24, 2.45) is 5.73 Å². The first kappa shape index (κ1) is 13.2. The van der Waals surface area contributed by atoms with Crippen molar-refractivity contribution in [3.8, 4) is 5.75 Å². The summed E-state index contributed by atoms with van der Waals surface area (Å²) >= 11 is 0. The molecule has 0 saturated carbocycles. The Balaban J connectivity index is 2.33. The SMILES string of the molecule is CN1c2cc(C(C)(C)C)ccc2OCC1CCN. The molecule has 100 valence electrons. The van der Waals surface area contributed by atoms with Gasteiger partial charge >= 0.3 is 0 Å². The number of likely N-dealkylation sites (N-methyl/N-ethyl adjacent to an activating group) is 1. The van der Waals surface area contributed by atoms with E-state index in [4.69, 9.17) is 10.5 Å². The molecule has 3 nitrogen and oxygen atoms in total. The third-order valence-corrected chi connectivity index (χ3v) is 3.68. The van der Waals surface area contributed by atoms with Crippen LogP contribution in [0.3, 0.4) is 0 Å². The highest BCUT2D eigenvalue weighted by molar-refractivity contribution is 5.62. The Bertz CT molecular complexity index is 423. The number of rotatable bonds is 2. The fraction of sp³-hybridized carbons (Fsp3) is 0.600. The third-order valence-electron chi connectivity index (χ3n) is 3.68. The number of benzene rings is 1. The molecule has 18 heavy (non-hydrogen) atoms. The molecular formula is C15H24N2O. The summed E-state index contributed by atoms with van der Waals surface area (Å²) in [6, 6.07) is 6.89. The van der Waals surface area contributed by atoms with E-state index in [1.807, 2.05) is 0 Å². The van der Waals surface area contributed by atoms with E-state index in [0.29, 0.717) is 12.6 Å². The van der Waals surface area contributed by atoms with Crippen LogP contribution in [0.5, 0.6) is 5.75 Å². The molecule has 1 aliphatic rings. The van der Waals surface area contributed by atoms with Gasteiger partial charge in [-0.05, 0) is 36.1 Å². The van der Waals surface area contributed by atoms with Gasteiger partial charge in [0.15, 0.2) is 0 Å². The first-order chi connectivity index (χ1) is 8.43. The molecule has 1 aliphatic heterocycles. The molecule has 0 saturated heterocycles. The zero-order valence-corrected chi connectivity index (χ0v) is 11.9. The lowest BCUT2D eigenvalue weighted by atomic mass is 9.86. The summed E-state index contributed by atoms with van der Waals surface area (Å²) < 4.78 is 5.83. The van der Waals surface area contributed by atoms with E-state index in [0.717, 1.165) is 18.8 Å². The minimum Gasteiger partial charge on any atom is -0.489 e. The maximum atomic E-state index is 5.83. The van der Waals surface area contributed by atoms with E-state index in [9.17, 15) is 0 Å². The summed E-state index contributed by atoms with van der Waals surface area (Å²) in [5, 5.41) is 0. The van der Waals surface area contributed by atoms with Gasteiger partial charge in [-0.25, -0.2) is 0 Å². The van der Waals surface area contributed by atoms with Crippen molar-refractivity contribution in [2.45, 2.75) is 38.6 Å². The molecule has 0 aliphatic carbocycles. The van der Waals surface area contributed by atoms with Crippen molar-refractivity contribution in [2.75, 3.05) is 25.1 Å². The van der Waals surface area contributed by atoms with Crippen molar-refractivity contribution in [3.05, 3.63) is 23.8 Å². The Morgan fingerprint density at radius 2 is 2.11 bits per heavy atom. The summed E-state index contributed by atoms with van der Waals surface area (Å²) in [7, 11) is 2.13. The van der Waals surface area contributed by atoms with Gasteiger partial charge in [-0.15, -0.1) is 0 Å². The van der Waals surface area contributed by atoms with E-state index >= 15 is 0 Å². The van der Waals surface area contributed by atoms with Crippen LogP contribution in [0, 0.1) is 0 Å². The normalized spacial score (nSPS) is 19.4. The van der Waals surface area contributed by atoms with E-state index < -0.39 is 0 Å². The number of nitrogens with zero attached hydrogens (tertiary/aromatic N) is 1. The highest BCUT2D eigenvalue weighted by atomic mass is 16.5. The van der Waals surface area contributed by atoms with E-state index in [1.54, 1.807) is 0 Å². The van der Waals surface area contributed by atoms with E-state index in [1.165, 1.54) is 11.3 Å². The van der Waals surface area contributed by atoms with Gasteiger partial charge in [0.05, 0.1) is 11.7 Å². The number of hydrogen-bond acceptors (Lipinski definition) is 3. The number of fused-ring (bicyclic) bond motifs is 1. The lowest BCUT2D eigenvalue weighted by molar-refractivity contribution is 0.261. The first-order valence-corrected chi connectivity index (χ1v) is 6.63. The zero-order chi connectivity index (χ0) is 13.3. The van der Waals surface area contributed by atoms with Crippen LogP contribution in [-0.4, -0.2) is 26.2 Å². The van der Waals surface area contributed by atoms with Crippen LogP contribution in [0.4, 0.5) is 5.69 Å². The second-order valence-corrected chi connectivity index (χ2v) is 6.09. The maximum Gasteiger partial charge on any atom is 0.142 e. The van der Waals surface area contributed by atoms with Crippen LogP contribution in [0.2, 0.25) is 0 Å². The number of ether oxygens (including phenoxy) is 1. The summed E-state index contributed by atoms with van der Waals surface area (Å²) in [5.74, 6) is 0.985. The molecule has 0 amide bonds. The highest BCUT2D eigenvalue weighted by Crippen LogP contribution is 2.37. The number of hydrogen-bond donors (Lipinski definition) is 1. The highest BCUT2D eigenvalue weighted by Gasteiger charge is 2.25. The van der Waals surface area contributed by atoms with E-state index in [-0.39, 0.29) is 5.41 Å². The van der Waals surface area contributed by atoms with Gasteiger partial charge in [0, 0.05) is 7.05 Å². The molecule has 1 unspecified atom stereocenters. The number of nitrogens with two attached hydrogens (primary N) is 1. The molecule has 2 N–H and O–H groups in total. The predicted molar refractivity (Wildman–Crippen MR) is 76.5 cm³/mol. The van der Waals surface area contributed by atoms with Crippen LogP contribution >= 0.6 is 0 Å². The summed E-state index contributed by atoms with van der Waals surface area (Å²) in [5.41, 5.74) is 8.35. The first-order valence-electron chi connectivity index (χ1n) is 6.63. The Labute approximate surface area is 110 Å². The second kappa shape index (κ2) is 4.81. The molecule has 3 heteroatoms. The average molecular weight is 248 g/mol. The van der Waals surface area contributed by atoms with Crippen LogP contribution < -0.4 is 15.4 Å². The smallest absolute Gasteiger partial charge is 0.142 e. The van der Waals surface area contributed by atoms with Crippen LogP contribution in [-0.2, 0) is 5.41 Å². The Morgan fingerprint density at radius 3 is 2.72 bits per heavy atom. The van der Waals surface area contributed by atoms with Gasteiger partial charge < -0.3 is 15.4 Å². The van der Waals surface area contributed by atoms with Gasteiger partial charge in [-0.2, -0.15) is 0 Å². The average Bonchev–Trinajstić information content (AvgIpc) is 2.31. The summed E-state index contributed by atoms with van der Waals surface area (Å²) in [6.45, 7) is 8.13. The van der Waals surface area contributed by atoms with Crippen molar-refractivity contribution < 1.29 is 4.74 Å². The second-order valence-electron chi connectivity index (χ2n) is 6.09. The fourth-order valence-electron chi connectivity index (χ4n) is 2.35. The fourth-order valence-corrected chi connectivity index (χ4v) is 2.35. The monoisotopic (exact) mass is 248 g/mol. The molecule has 1 aromatic rings. The molecule has 1 heterocycles. The van der Waals surface area contributed by atoms with Crippen molar-refractivity contribution >= 4 is 5.69 Å². The van der Waals surface area contributed by atoms with Gasteiger partial charge in [0.1, 0.15) is 12.4 Å². The summed E-state index contributed by atoms with van der Waals surface area (Å²) in [4.78, 5) is 2.31. The minimum absolute atomic E-state index is 0.163. The summed E-state index contributed by atoms with van der Waals surface area (Å²) in [6.07, 6.45) is 0.968. The van der Waals surface area contributed by atoms with Crippen molar-refractivity contribution in [1.29, 1.82) is 0 Å². The predicted octanol–water partition coefficient (Wildman–Crippen LogP) is 2.53. The molecule has 0 bridgehead atoms. The molecular weight excluding hydrogens is 224 g/mol. The van der Waals surface area contributed by atoms with Crippen LogP contribution in [0.25, 0.3) is 0 Å². The molecule has 2 rings (SSSR count). The van der Waals surface area contributed by atoms with Crippen molar-refractivity contribution in [1.82, 2.24) is 0 Å². The molecule has 0 radical (unpaired) electrons. The van der Waals surface area contributed by atoms with Gasteiger partial charge in [0.2, 0.25) is 0 Å². The Hall–Kier alpha value is -1.22. The third kappa shape index (κ3) is 2.46. The standard InChI is InChI=1S/C15H24N2O/c1-15(2,3)11-5-6-14-13(9-11)17(4)12(7-8-16)10-18-14/h5-6,9,12H,7-8,10,16H2,1-4H3. The minimum atomic E-state index is 0.163. The lowest BCUT2D eigenvalue weighted by Crippen LogP contribution is -2.41. The van der Waals surface area contributed by atoms with E-state index in [2.05, 4.69) is 50.9 Å². The van der Waals surface area contributed by atoms with Gasteiger partial charge in [-0.1, -0.05) is 26.8 Å². The Morgan fingerprint density at radius 1 is 1.39 bits per heavy atom. The van der Waals surface area contributed by atoms with Crippen molar-refractivity contribution in [3.63, 3.8) is 0 Å². The molecule has 0 fully saturated rings. The largest absolute Gasteiger partial charge is 0.489 e. The number of anilines is 1. The van der Waals surface area contributed by atoms with Gasteiger partial charge in [-0.3, -0.25) is 0 Å². The van der Waals surface area contributed by atoms with Crippen LogP contribution in [0.15, 0.2) is 18.2 Å². The topological polar surface area (TPSA) is 38.5 Å². The molecule has 0 spiro atoms. The van der Waals surface area contributed by atoms with Gasteiger partial charge in [0.25, 0.3) is 0 Å². The Kier molecular flexibility index (Phi) is 3.53.